The molecule has 7 heteroatoms. The van der Waals surface area contributed by atoms with Crippen molar-refractivity contribution in [1.82, 2.24) is 10.2 Å². The van der Waals surface area contributed by atoms with Gasteiger partial charge in [-0.2, -0.15) is 0 Å². The van der Waals surface area contributed by atoms with Gasteiger partial charge in [-0.15, -0.1) is 0 Å². The van der Waals surface area contributed by atoms with Crippen molar-refractivity contribution in [3.63, 3.8) is 0 Å². The van der Waals surface area contributed by atoms with Gasteiger partial charge in [0.05, 0.1) is 5.69 Å². The average molecular weight is 434 g/mol. The number of para-hydroxylation sites is 1. The van der Waals surface area contributed by atoms with E-state index in [0.29, 0.717) is 11.7 Å². The Bertz CT molecular complexity index is 1030. The minimum atomic E-state index is -1.02. The summed E-state index contributed by atoms with van der Waals surface area (Å²) in [7, 11) is 3.78. The molecule has 0 bridgehead atoms. The van der Waals surface area contributed by atoms with Crippen LogP contribution in [-0.2, 0) is 4.79 Å². The molecule has 0 aromatic heterocycles. The second-order valence-electron chi connectivity index (χ2n) is 8.64. The molecule has 1 heterocycles. The zero-order valence-corrected chi connectivity index (χ0v) is 19.0. The van der Waals surface area contributed by atoms with Crippen molar-refractivity contribution in [1.29, 1.82) is 0 Å². The number of rotatable bonds is 3. The van der Waals surface area contributed by atoms with Gasteiger partial charge in [-0.1, -0.05) is 43.5 Å². The number of aryl methyl sites for hydroxylation is 1. The maximum Gasteiger partial charge on any atom is 0.321 e. The number of amides is 3. The van der Waals surface area contributed by atoms with E-state index in [0.717, 1.165) is 35.5 Å². The molecule has 3 amide bonds. The van der Waals surface area contributed by atoms with E-state index in [2.05, 4.69) is 15.5 Å². The van der Waals surface area contributed by atoms with Crippen LogP contribution in [0.25, 0.3) is 0 Å². The monoisotopic (exact) mass is 433 g/mol. The summed E-state index contributed by atoms with van der Waals surface area (Å²) in [6.07, 6.45) is 4.85. The number of aliphatic imine (C=N–C) groups is 1. The Morgan fingerprint density at radius 3 is 2.59 bits per heavy atom. The first-order valence-electron chi connectivity index (χ1n) is 11.3. The molecule has 0 unspecified atom stereocenters. The number of nitrogens with zero attached hydrogens (tertiary/aromatic N) is 3. The van der Waals surface area contributed by atoms with Gasteiger partial charge in [-0.25, -0.2) is 9.79 Å². The fourth-order valence-electron chi connectivity index (χ4n) is 4.53. The molecular formula is C25H31N5O2. The first-order valence-corrected chi connectivity index (χ1v) is 11.3. The second-order valence-corrected chi connectivity index (χ2v) is 8.64. The first-order chi connectivity index (χ1) is 15.4. The zero-order valence-electron chi connectivity index (χ0n) is 19.0. The SMILES string of the molecule is Cc1cccc(NC(=O)N[C@@H]2N=C(N(C)C3CCCCC3)c3ccccc3N(C)C2=O)c1. The lowest BCUT2D eigenvalue weighted by molar-refractivity contribution is -0.119. The summed E-state index contributed by atoms with van der Waals surface area (Å²) in [6.45, 7) is 1.96. The molecule has 1 aliphatic heterocycles. The highest BCUT2D eigenvalue weighted by Crippen LogP contribution is 2.29. The van der Waals surface area contributed by atoms with Crippen LogP contribution in [0.4, 0.5) is 16.2 Å². The topological polar surface area (TPSA) is 77.0 Å². The van der Waals surface area contributed by atoms with Crippen molar-refractivity contribution in [2.75, 3.05) is 24.3 Å². The average Bonchev–Trinajstić information content (AvgIpc) is 2.90. The molecule has 1 aliphatic carbocycles. The minimum absolute atomic E-state index is 0.274. The number of fused-ring (bicyclic) bond motifs is 1. The molecule has 4 rings (SSSR count). The molecule has 2 aromatic rings. The molecule has 0 saturated heterocycles. The molecule has 1 saturated carbocycles. The molecule has 0 spiro atoms. The van der Waals surface area contributed by atoms with Crippen LogP contribution in [0.3, 0.4) is 0 Å². The molecule has 0 radical (unpaired) electrons. The maximum absolute atomic E-state index is 13.3. The molecule has 32 heavy (non-hydrogen) atoms. The fraction of sp³-hybridized carbons (Fsp3) is 0.400. The number of benzene rings is 2. The van der Waals surface area contributed by atoms with Crippen LogP contribution in [0.2, 0.25) is 0 Å². The normalized spacial score (nSPS) is 19.0. The first kappa shape index (κ1) is 21.9. The summed E-state index contributed by atoms with van der Waals surface area (Å²) in [5, 5.41) is 5.58. The van der Waals surface area contributed by atoms with Gasteiger partial charge >= 0.3 is 6.03 Å². The summed E-state index contributed by atoms with van der Waals surface area (Å²) in [4.78, 5) is 34.6. The second kappa shape index (κ2) is 9.42. The van der Waals surface area contributed by atoms with Crippen molar-refractivity contribution < 1.29 is 9.59 Å². The highest BCUT2D eigenvalue weighted by Gasteiger charge is 2.33. The largest absolute Gasteiger partial charge is 0.356 e. The molecule has 1 atom stereocenters. The molecule has 168 valence electrons. The molecule has 7 nitrogen and oxygen atoms in total. The summed E-state index contributed by atoms with van der Waals surface area (Å²) in [5.41, 5.74) is 3.41. The molecule has 2 aromatic carbocycles. The van der Waals surface area contributed by atoms with Crippen LogP contribution in [0.15, 0.2) is 53.5 Å². The van der Waals surface area contributed by atoms with E-state index in [4.69, 9.17) is 4.99 Å². The predicted octanol–water partition coefficient (Wildman–Crippen LogP) is 4.13. The number of anilines is 2. The van der Waals surface area contributed by atoms with Crippen LogP contribution < -0.4 is 15.5 Å². The van der Waals surface area contributed by atoms with Crippen molar-refractivity contribution in [2.45, 2.75) is 51.2 Å². The third-order valence-corrected chi connectivity index (χ3v) is 6.32. The predicted molar refractivity (Wildman–Crippen MR) is 128 cm³/mol. The van der Waals surface area contributed by atoms with Crippen LogP contribution >= 0.6 is 0 Å². The van der Waals surface area contributed by atoms with Gasteiger partial charge in [0.25, 0.3) is 5.91 Å². The van der Waals surface area contributed by atoms with Gasteiger partial charge in [0.1, 0.15) is 5.84 Å². The van der Waals surface area contributed by atoms with Crippen LogP contribution in [-0.4, -0.2) is 49.0 Å². The zero-order chi connectivity index (χ0) is 22.7. The fourth-order valence-corrected chi connectivity index (χ4v) is 4.53. The van der Waals surface area contributed by atoms with E-state index < -0.39 is 12.2 Å². The smallest absolute Gasteiger partial charge is 0.321 e. The lowest BCUT2D eigenvalue weighted by Gasteiger charge is -2.34. The highest BCUT2D eigenvalue weighted by atomic mass is 16.2. The van der Waals surface area contributed by atoms with E-state index in [-0.39, 0.29) is 5.91 Å². The van der Waals surface area contributed by atoms with Crippen molar-refractivity contribution >= 4 is 29.1 Å². The van der Waals surface area contributed by atoms with Gasteiger partial charge in [-0.05, 0) is 49.6 Å². The van der Waals surface area contributed by atoms with E-state index in [1.165, 1.54) is 19.3 Å². The van der Waals surface area contributed by atoms with Crippen molar-refractivity contribution in [3.05, 3.63) is 59.7 Å². The number of carbonyl (C=O) groups excluding carboxylic acids is 2. The molecule has 1 fully saturated rings. The van der Waals surface area contributed by atoms with Crippen molar-refractivity contribution in [3.8, 4) is 0 Å². The Balaban J connectivity index is 1.63. The standard InChI is InChI=1S/C25H31N5O2/c1-17-10-9-11-18(16-17)26-25(32)28-22-24(31)30(3)21-15-8-7-14-20(21)23(27-22)29(2)19-12-5-4-6-13-19/h7-11,14-16,19,22H,4-6,12-13H2,1-3H3,(H2,26,28,32)/t22-/m0/s1. The Morgan fingerprint density at radius 1 is 1.09 bits per heavy atom. The van der Waals surface area contributed by atoms with Gasteiger partial charge in [0.15, 0.2) is 0 Å². The number of hydrogen-bond donors (Lipinski definition) is 2. The molecule has 2 aliphatic rings. The van der Waals surface area contributed by atoms with Crippen molar-refractivity contribution in [2.24, 2.45) is 4.99 Å². The maximum atomic E-state index is 13.3. The Kier molecular flexibility index (Phi) is 6.44. The lowest BCUT2D eigenvalue weighted by Crippen LogP contribution is -2.48. The number of likely N-dealkylation sites (N-methyl/N-ethyl adjacent to an activating group) is 1. The van der Waals surface area contributed by atoms with E-state index in [9.17, 15) is 9.59 Å². The molecule has 2 N–H and O–H groups in total. The van der Waals surface area contributed by atoms with E-state index >= 15 is 0 Å². The minimum Gasteiger partial charge on any atom is -0.356 e. The third-order valence-electron chi connectivity index (χ3n) is 6.32. The van der Waals surface area contributed by atoms with Gasteiger partial charge in [0, 0.05) is 31.4 Å². The number of amidine groups is 1. The third kappa shape index (κ3) is 4.61. The summed E-state index contributed by atoms with van der Waals surface area (Å²) < 4.78 is 0. The van der Waals surface area contributed by atoms with Gasteiger partial charge < -0.3 is 20.4 Å². The summed E-state index contributed by atoms with van der Waals surface area (Å²) in [5.74, 6) is 0.468. The summed E-state index contributed by atoms with van der Waals surface area (Å²) >= 11 is 0. The summed E-state index contributed by atoms with van der Waals surface area (Å²) in [6, 6.07) is 15.2. The number of urea groups is 1. The Hall–Kier alpha value is -3.35. The van der Waals surface area contributed by atoms with Crippen LogP contribution in [0.5, 0.6) is 0 Å². The van der Waals surface area contributed by atoms with Gasteiger partial charge in [-0.3, -0.25) is 4.79 Å². The Morgan fingerprint density at radius 2 is 1.84 bits per heavy atom. The molecular weight excluding hydrogens is 402 g/mol. The number of carbonyl (C=O) groups is 2. The van der Waals surface area contributed by atoms with E-state index in [1.807, 2.05) is 62.5 Å². The number of benzodiazepines with no additional fused rings is 1. The quantitative estimate of drug-likeness (QED) is 0.764. The van der Waals surface area contributed by atoms with E-state index in [1.54, 1.807) is 11.9 Å². The van der Waals surface area contributed by atoms with Crippen LogP contribution in [0.1, 0.15) is 43.2 Å². The number of hydrogen-bond acceptors (Lipinski definition) is 4. The van der Waals surface area contributed by atoms with Crippen LogP contribution in [0, 0.1) is 6.92 Å². The number of nitrogens with one attached hydrogen (secondary N) is 2. The highest BCUT2D eigenvalue weighted by molar-refractivity contribution is 6.12. The van der Waals surface area contributed by atoms with Gasteiger partial charge in [0.2, 0.25) is 6.17 Å². The lowest BCUT2D eigenvalue weighted by atomic mass is 9.94. The Labute approximate surface area is 189 Å².